The minimum Gasteiger partial charge on any atom is -0.483 e. The highest BCUT2D eigenvalue weighted by Crippen LogP contribution is 2.45. The van der Waals surface area contributed by atoms with Crippen LogP contribution >= 0.6 is 11.6 Å². The van der Waals surface area contributed by atoms with Crippen LogP contribution in [0.3, 0.4) is 0 Å². The van der Waals surface area contributed by atoms with Gasteiger partial charge in [-0.1, -0.05) is 54.6 Å². The molecule has 0 unspecified atom stereocenters. The first-order chi connectivity index (χ1) is 11.6. The number of nitro benzene ring substituents is 1. The number of benzene rings is 2. The maximum atomic E-state index is 11.3. The molecule has 2 aromatic rings. The topological polar surface area (TPSA) is 70.8 Å². The fourth-order valence-corrected chi connectivity index (χ4v) is 2.30. The highest BCUT2D eigenvalue weighted by atomic mass is 35.5. The molecule has 7 heteroatoms. The van der Waals surface area contributed by atoms with Crippen molar-refractivity contribution in [2.24, 2.45) is 0 Å². The van der Waals surface area contributed by atoms with Crippen molar-refractivity contribution in [1.29, 1.82) is 0 Å². The Morgan fingerprint density at radius 1 is 1.25 bits per heavy atom. The van der Waals surface area contributed by atoms with E-state index in [1.165, 1.54) is 19.3 Å². The second kappa shape index (κ2) is 8.33. The van der Waals surface area contributed by atoms with Crippen molar-refractivity contribution in [3.63, 3.8) is 0 Å². The standard InChI is InChI=1S/C17H16ClNO5/c1-3-13-9-14(19(20)21)16(24-11-22-2)17(15(13)18)23-10-12-7-5-4-6-8-12/h3-9H,1,10-11H2,2H3. The molecule has 2 rings (SSSR count). The van der Waals surface area contributed by atoms with Crippen molar-refractivity contribution in [2.45, 2.75) is 6.61 Å². The molecule has 0 heterocycles. The van der Waals surface area contributed by atoms with Gasteiger partial charge in [0.2, 0.25) is 5.75 Å². The summed E-state index contributed by atoms with van der Waals surface area (Å²) in [5, 5.41) is 11.5. The molecule has 0 amide bonds. The lowest BCUT2D eigenvalue weighted by Gasteiger charge is -2.15. The van der Waals surface area contributed by atoms with Crippen LogP contribution in [0.25, 0.3) is 6.08 Å². The summed E-state index contributed by atoms with van der Waals surface area (Å²) in [7, 11) is 1.41. The predicted molar refractivity (Wildman–Crippen MR) is 91.5 cm³/mol. The van der Waals surface area contributed by atoms with Crippen molar-refractivity contribution >= 4 is 23.4 Å². The van der Waals surface area contributed by atoms with Gasteiger partial charge in [-0.05, 0) is 5.56 Å². The van der Waals surface area contributed by atoms with E-state index in [4.69, 9.17) is 25.8 Å². The Kier molecular flexibility index (Phi) is 6.17. The molecule has 6 nitrogen and oxygen atoms in total. The van der Waals surface area contributed by atoms with Gasteiger partial charge in [0.1, 0.15) is 6.61 Å². The van der Waals surface area contributed by atoms with E-state index < -0.39 is 4.92 Å². The summed E-state index contributed by atoms with van der Waals surface area (Å²) in [5.41, 5.74) is 1.00. The number of rotatable bonds is 8. The van der Waals surface area contributed by atoms with Gasteiger partial charge in [-0.2, -0.15) is 0 Å². The number of methoxy groups -OCH3 is 1. The lowest BCUT2D eigenvalue weighted by Crippen LogP contribution is -2.06. The molecule has 24 heavy (non-hydrogen) atoms. The van der Waals surface area contributed by atoms with Crippen molar-refractivity contribution in [1.82, 2.24) is 0 Å². The van der Waals surface area contributed by atoms with Crippen LogP contribution in [0.5, 0.6) is 11.5 Å². The Hall–Kier alpha value is -2.57. The summed E-state index contributed by atoms with van der Waals surface area (Å²) in [4.78, 5) is 10.8. The number of nitro groups is 1. The van der Waals surface area contributed by atoms with E-state index in [0.717, 1.165) is 5.56 Å². The molecule has 0 aromatic heterocycles. The van der Waals surface area contributed by atoms with Crippen LogP contribution in [0.1, 0.15) is 11.1 Å². The van der Waals surface area contributed by atoms with Gasteiger partial charge < -0.3 is 14.2 Å². The zero-order chi connectivity index (χ0) is 17.5. The van der Waals surface area contributed by atoms with Crippen LogP contribution in [-0.4, -0.2) is 18.8 Å². The van der Waals surface area contributed by atoms with E-state index in [1.807, 2.05) is 30.3 Å². The summed E-state index contributed by atoms with van der Waals surface area (Å²) in [6, 6.07) is 10.6. The Balaban J connectivity index is 2.46. The maximum absolute atomic E-state index is 11.3. The van der Waals surface area contributed by atoms with Crippen molar-refractivity contribution in [3.05, 3.63) is 69.2 Å². The smallest absolute Gasteiger partial charge is 0.315 e. The average Bonchev–Trinajstić information content (AvgIpc) is 2.59. The maximum Gasteiger partial charge on any atom is 0.315 e. The van der Waals surface area contributed by atoms with E-state index in [0.29, 0.717) is 5.56 Å². The monoisotopic (exact) mass is 349 g/mol. The predicted octanol–water partition coefficient (Wildman–Crippen LogP) is 4.45. The molecule has 0 N–H and O–H groups in total. The first-order valence-corrected chi connectivity index (χ1v) is 7.38. The molecule has 0 saturated heterocycles. The van der Waals surface area contributed by atoms with Crippen LogP contribution in [0.2, 0.25) is 5.02 Å². The third-order valence-electron chi connectivity index (χ3n) is 3.15. The highest BCUT2D eigenvalue weighted by Gasteiger charge is 2.26. The first kappa shape index (κ1) is 17.8. The molecule has 0 aliphatic rings. The third kappa shape index (κ3) is 4.04. The normalized spacial score (nSPS) is 10.2. The van der Waals surface area contributed by atoms with E-state index in [9.17, 15) is 10.1 Å². The van der Waals surface area contributed by atoms with Crippen LogP contribution in [-0.2, 0) is 11.3 Å². The molecule has 0 radical (unpaired) electrons. The van der Waals surface area contributed by atoms with E-state index in [1.54, 1.807) is 0 Å². The number of ether oxygens (including phenoxy) is 3. The molecular weight excluding hydrogens is 334 g/mol. The van der Waals surface area contributed by atoms with Gasteiger partial charge in [-0.15, -0.1) is 0 Å². The van der Waals surface area contributed by atoms with Gasteiger partial charge >= 0.3 is 5.69 Å². The zero-order valence-electron chi connectivity index (χ0n) is 13.0. The van der Waals surface area contributed by atoms with Gasteiger partial charge in [-0.3, -0.25) is 10.1 Å². The van der Waals surface area contributed by atoms with Crippen molar-refractivity contribution in [3.8, 4) is 11.5 Å². The van der Waals surface area contributed by atoms with Crippen LogP contribution < -0.4 is 9.47 Å². The van der Waals surface area contributed by atoms with Crippen LogP contribution in [0, 0.1) is 10.1 Å². The molecule has 0 aliphatic heterocycles. The van der Waals surface area contributed by atoms with Crippen LogP contribution in [0.15, 0.2) is 43.0 Å². The summed E-state index contributed by atoms with van der Waals surface area (Å²) in [6.07, 6.45) is 1.42. The lowest BCUT2D eigenvalue weighted by atomic mass is 10.1. The summed E-state index contributed by atoms with van der Waals surface area (Å²) in [5.74, 6) is 0.00931. The van der Waals surface area contributed by atoms with Gasteiger partial charge in [0, 0.05) is 18.7 Å². The fraction of sp³-hybridized carbons (Fsp3) is 0.176. The number of nitrogens with zero attached hydrogens (tertiary/aromatic N) is 1. The SMILES string of the molecule is C=Cc1cc([N+](=O)[O-])c(OCOC)c(OCc2ccccc2)c1Cl. The second-order valence-electron chi connectivity index (χ2n) is 4.74. The first-order valence-electron chi connectivity index (χ1n) is 7.00. The molecule has 0 atom stereocenters. The number of halogens is 1. The Labute approximate surface area is 144 Å². The minimum atomic E-state index is -0.566. The molecule has 0 bridgehead atoms. The zero-order valence-corrected chi connectivity index (χ0v) is 13.8. The molecule has 0 spiro atoms. The van der Waals surface area contributed by atoms with Gasteiger partial charge in [0.25, 0.3) is 0 Å². The minimum absolute atomic E-state index is 0.0756. The van der Waals surface area contributed by atoms with Crippen molar-refractivity contribution in [2.75, 3.05) is 13.9 Å². The second-order valence-corrected chi connectivity index (χ2v) is 5.12. The molecular formula is C17H16ClNO5. The Morgan fingerprint density at radius 3 is 2.54 bits per heavy atom. The van der Waals surface area contributed by atoms with Crippen molar-refractivity contribution < 1.29 is 19.1 Å². The Morgan fingerprint density at radius 2 is 1.96 bits per heavy atom. The van der Waals surface area contributed by atoms with E-state index in [-0.39, 0.29) is 35.6 Å². The molecule has 0 fully saturated rings. The van der Waals surface area contributed by atoms with E-state index >= 15 is 0 Å². The molecule has 126 valence electrons. The lowest BCUT2D eigenvalue weighted by molar-refractivity contribution is -0.386. The van der Waals surface area contributed by atoms with Gasteiger partial charge in [0.15, 0.2) is 12.5 Å². The molecule has 0 saturated carbocycles. The summed E-state index contributed by atoms with van der Waals surface area (Å²) >= 11 is 6.30. The Bertz CT molecular complexity index is 734. The summed E-state index contributed by atoms with van der Waals surface area (Å²) in [6.45, 7) is 3.62. The average molecular weight is 350 g/mol. The highest BCUT2D eigenvalue weighted by molar-refractivity contribution is 6.34. The third-order valence-corrected chi connectivity index (χ3v) is 3.54. The quantitative estimate of drug-likeness (QED) is 0.400. The van der Waals surface area contributed by atoms with Gasteiger partial charge in [0.05, 0.1) is 9.95 Å². The van der Waals surface area contributed by atoms with Crippen LogP contribution in [0.4, 0.5) is 5.69 Å². The largest absolute Gasteiger partial charge is 0.483 e. The number of hydrogen-bond donors (Lipinski definition) is 0. The summed E-state index contributed by atoms with van der Waals surface area (Å²) < 4.78 is 15.9. The van der Waals surface area contributed by atoms with E-state index in [2.05, 4.69) is 6.58 Å². The fourth-order valence-electron chi connectivity index (χ4n) is 2.02. The molecule has 0 aliphatic carbocycles. The van der Waals surface area contributed by atoms with Gasteiger partial charge in [-0.25, -0.2) is 0 Å². The molecule has 2 aromatic carbocycles. The number of hydrogen-bond acceptors (Lipinski definition) is 5.